The van der Waals surface area contributed by atoms with E-state index in [9.17, 15) is 0 Å². The normalized spacial score (nSPS) is 20.6. The molecule has 3 heteroatoms. The van der Waals surface area contributed by atoms with Crippen LogP contribution in [0, 0.1) is 0 Å². The fourth-order valence-corrected chi connectivity index (χ4v) is 2.12. The number of hydrogen-bond donors (Lipinski definition) is 1. The molecule has 1 saturated heterocycles. The zero-order chi connectivity index (χ0) is 12.2. The lowest BCUT2D eigenvalue weighted by Gasteiger charge is -2.23. The zero-order valence-electron chi connectivity index (χ0n) is 11.4. The SMILES string of the molecule is CCCCCCCCCNCC1COCCO1. The van der Waals surface area contributed by atoms with Gasteiger partial charge in [0.2, 0.25) is 0 Å². The molecule has 0 aliphatic carbocycles. The summed E-state index contributed by atoms with van der Waals surface area (Å²) in [5, 5.41) is 3.45. The van der Waals surface area contributed by atoms with Crippen LogP contribution in [0.4, 0.5) is 0 Å². The minimum Gasteiger partial charge on any atom is -0.376 e. The van der Waals surface area contributed by atoms with Crippen molar-refractivity contribution in [3.05, 3.63) is 0 Å². The molecule has 1 heterocycles. The number of ether oxygens (including phenoxy) is 2. The fraction of sp³-hybridized carbons (Fsp3) is 1.00. The second-order valence-corrected chi connectivity index (χ2v) is 4.89. The van der Waals surface area contributed by atoms with Crippen molar-refractivity contribution in [1.82, 2.24) is 5.32 Å². The fourth-order valence-electron chi connectivity index (χ4n) is 2.12. The zero-order valence-corrected chi connectivity index (χ0v) is 11.4. The third-order valence-electron chi connectivity index (χ3n) is 3.21. The van der Waals surface area contributed by atoms with Crippen LogP contribution in [0.2, 0.25) is 0 Å². The highest BCUT2D eigenvalue weighted by Crippen LogP contribution is 2.06. The highest BCUT2D eigenvalue weighted by Gasteiger charge is 2.12. The molecule has 1 unspecified atom stereocenters. The van der Waals surface area contributed by atoms with Crippen molar-refractivity contribution in [3.8, 4) is 0 Å². The summed E-state index contributed by atoms with van der Waals surface area (Å²) < 4.78 is 10.9. The Balaban J connectivity index is 1.75. The van der Waals surface area contributed by atoms with E-state index in [-0.39, 0.29) is 6.10 Å². The maximum atomic E-state index is 5.56. The average molecular weight is 243 g/mol. The summed E-state index contributed by atoms with van der Waals surface area (Å²) in [7, 11) is 0. The van der Waals surface area contributed by atoms with Crippen molar-refractivity contribution in [1.29, 1.82) is 0 Å². The van der Waals surface area contributed by atoms with E-state index in [0.29, 0.717) is 0 Å². The van der Waals surface area contributed by atoms with E-state index in [1.807, 2.05) is 0 Å². The van der Waals surface area contributed by atoms with Crippen LogP contribution in [0.25, 0.3) is 0 Å². The van der Waals surface area contributed by atoms with Crippen LogP contribution in [0.15, 0.2) is 0 Å². The molecule has 0 radical (unpaired) electrons. The molecule has 0 saturated carbocycles. The van der Waals surface area contributed by atoms with Crippen molar-refractivity contribution in [2.75, 3.05) is 32.9 Å². The Morgan fingerprint density at radius 2 is 1.76 bits per heavy atom. The van der Waals surface area contributed by atoms with E-state index in [0.717, 1.165) is 32.9 Å². The van der Waals surface area contributed by atoms with E-state index >= 15 is 0 Å². The van der Waals surface area contributed by atoms with Gasteiger partial charge in [-0.05, 0) is 13.0 Å². The summed E-state index contributed by atoms with van der Waals surface area (Å²) in [5.74, 6) is 0. The van der Waals surface area contributed by atoms with Crippen molar-refractivity contribution in [2.24, 2.45) is 0 Å². The summed E-state index contributed by atoms with van der Waals surface area (Å²) in [6.07, 6.45) is 9.88. The molecular weight excluding hydrogens is 214 g/mol. The second kappa shape index (κ2) is 11.0. The maximum absolute atomic E-state index is 5.56. The highest BCUT2D eigenvalue weighted by molar-refractivity contribution is 4.64. The molecule has 1 rings (SSSR count). The Kier molecular flexibility index (Phi) is 9.66. The first-order chi connectivity index (χ1) is 8.43. The van der Waals surface area contributed by atoms with Crippen LogP contribution in [0.1, 0.15) is 51.9 Å². The van der Waals surface area contributed by atoms with Gasteiger partial charge in [-0.2, -0.15) is 0 Å². The molecule has 1 N–H and O–H groups in total. The monoisotopic (exact) mass is 243 g/mol. The third-order valence-corrected chi connectivity index (χ3v) is 3.21. The highest BCUT2D eigenvalue weighted by atomic mass is 16.6. The van der Waals surface area contributed by atoms with Gasteiger partial charge in [0.05, 0.1) is 25.9 Å². The Bertz CT molecular complexity index is 158. The van der Waals surface area contributed by atoms with E-state index in [4.69, 9.17) is 9.47 Å². The Morgan fingerprint density at radius 1 is 1.00 bits per heavy atom. The lowest BCUT2D eigenvalue weighted by Crippen LogP contribution is -2.37. The van der Waals surface area contributed by atoms with Crippen molar-refractivity contribution in [2.45, 2.75) is 58.0 Å². The van der Waals surface area contributed by atoms with Gasteiger partial charge in [0.15, 0.2) is 0 Å². The van der Waals surface area contributed by atoms with Crippen LogP contribution < -0.4 is 5.32 Å². The second-order valence-electron chi connectivity index (χ2n) is 4.89. The molecule has 0 aromatic rings. The number of rotatable bonds is 10. The van der Waals surface area contributed by atoms with Crippen LogP contribution in [-0.4, -0.2) is 39.0 Å². The molecule has 1 aliphatic rings. The molecular formula is C14H29NO2. The predicted octanol–water partition coefficient (Wildman–Crippen LogP) is 2.74. The van der Waals surface area contributed by atoms with Crippen LogP contribution in [0.3, 0.4) is 0 Å². The third kappa shape index (κ3) is 8.58. The van der Waals surface area contributed by atoms with E-state index in [1.165, 1.54) is 44.9 Å². The van der Waals surface area contributed by atoms with E-state index in [1.54, 1.807) is 0 Å². The average Bonchev–Trinajstić information content (AvgIpc) is 2.38. The van der Waals surface area contributed by atoms with Crippen molar-refractivity contribution < 1.29 is 9.47 Å². The number of hydrogen-bond acceptors (Lipinski definition) is 3. The van der Waals surface area contributed by atoms with Gasteiger partial charge in [-0.25, -0.2) is 0 Å². The molecule has 102 valence electrons. The van der Waals surface area contributed by atoms with Gasteiger partial charge in [-0.3, -0.25) is 0 Å². The minimum atomic E-state index is 0.272. The molecule has 0 spiro atoms. The van der Waals surface area contributed by atoms with Gasteiger partial charge >= 0.3 is 0 Å². The summed E-state index contributed by atoms with van der Waals surface area (Å²) in [5.41, 5.74) is 0. The largest absolute Gasteiger partial charge is 0.376 e. The van der Waals surface area contributed by atoms with E-state index < -0.39 is 0 Å². The molecule has 17 heavy (non-hydrogen) atoms. The Hall–Kier alpha value is -0.120. The first-order valence-electron chi connectivity index (χ1n) is 7.33. The van der Waals surface area contributed by atoms with Crippen molar-refractivity contribution in [3.63, 3.8) is 0 Å². The number of nitrogens with one attached hydrogen (secondary N) is 1. The standard InChI is InChI=1S/C14H29NO2/c1-2-3-4-5-6-7-8-9-15-12-14-13-16-10-11-17-14/h14-15H,2-13H2,1H3. The molecule has 1 fully saturated rings. The molecule has 0 aromatic carbocycles. The maximum Gasteiger partial charge on any atom is 0.0933 e. The van der Waals surface area contributed by atoms with E-state index in [2.05, 4.69) is 12.2 Å². The Labute approximate surface area is 106 Å². The molecule has 1 aliphatic heterocycles. The van der Waals surface area contributed by atoms with Gasteiger partial charge in [-0.15, -0.1) is 0 Å². The molecule has 0 bridgehead atoms. The lowest BCUT2D eigenvalue weighted by molar-refractivity contribution is -0.0863. The van der Waals surface area contributed by atoms with Gasteiger partial charge in [0, 0.05) is 6.54 Å². The molecule has 3 nitrogen and oxygen atoms in total. The van der Waals surface area contributed by atoms with Gasteiger partial charge in [-0.1, -0.05) is 45.4 Å². The first-order valence-corrected chi connectivity index (χ1v) is 7.33. The first kappa shape index (κ1) is 14.9. The predicted molar refractivity (Wildman–Crippen MR) is 71.4 cm³/mol. The summed E-state index contributed by atoms with van der Waals surface area (Å²) in [6, 6.07) is 0. The smallest absolute Gasteiger partial charge is 0.0933 e. The minimum absolute atomic E-state index is 0.272. The molecule has 1 atom stereocenters. The summed E-state index contributed by atoms with van der Waals surface area (Å²) in [4.78, 5) is 0. The molecule has 0 aromatic heterocycles. The van der Waals surface area contributed by atoms with Crippen LogP contribution in [-0.2, 0) is 9.47 Å². The van der Waals surface area contributed by atoms with Crippen molar-refractivity contribution >= 4 is 0 Å². The lowest BCUT2D eigenvalue weighted by atomic mass is 10.1. The quantitative estimate of drug-likeness (QED) is 0.598. The summed E-state index contributed by atoms with van der Waals surface area (Å²) in [6.45, 7) is 6.59. The molecule has 0 amide bonds. The Morgan fingerprint density at radius 3 is 2.47 bits per heavy atom. The van der Waals surface area contributed by atoms with Gasteiger partial charge in [0.1, 0.15) is 0 Å². The van der Waals surface area contributed by atoms with Gasteiger partial charge < -0.3 is 14.8 Å². The summed E-state index contributed by atoms with van der Waals surface area (Å²) >= 11 is 0. The number of unbranched alkanes of at least 4 members (excludes halogenated alkanes) is 6. The van der Waals surface area contributed by atoms with Crippen LogP contribution >= 0.6 is 0 Å². The van der Waals surface area contributed by atoms with Gasteiger partial charge in [0.25, 0.3) is 0 Å². The topological polar surface area (TPSA) is 30.5 Å². The van der Waals surface area contributed by atoms with Crippen LogP contribution in [0.5, 0.6) is 0 Å².